The van der Waals surface area contributed by atoms with E-state index in [0.29, 0.717) is 0 Å². The van der Waals surface area contributed by atoms with Crippen LogP contribution in [0.15, 0.2) is 24.3 Å². The molecule has 4 nitrogen and oxygen atoms in total. The molecule has 5 heteroatoms. The second kappa shape index (κ2) is 3.75. The van der Waals surface area contributed by atoms with Gasteiger partial charge in [-0.15, -0.1) is 0 Å². The normalized spacial score (nSPS) is 9.62. The summed E-state index contributed by atoms with van der Waals surface area (Å²) < 4.78 is 11.8. The van der Waals surface area contributed by atoms with Crippen LogP contribution in [0.1, 0.15) is 10.4 Å². The maximum atomic E-state index is 11.8. The predicted octanol–water partition coefficient (Wildman–Crippen LogP) is 1.75. The minimum absolute atomic E-state index is 0.115. The molecule has 0 N–H and O–H groups in total. The first kappa shape index (κ1) is 9.31. The van der Waals surface area contributed by atoms with E-state index in [9.17, 15) is 19.3 Å². The summed E-state index contributed by atoms with van der Waals surface area (Å²) in [5.74, 6) is -0.671. The van der Waals surface area contributed by atoms with Crippen LogP contribution in [0.25, 0.3) is 0 Å². The zero-order valence-electron chi connectivity index (χ0n) is 6.57. The highest BCUT2D eigenvalue weighted by molar-refractivity contribution is 5.97. The molecule has 13 heavy (non-hydrogen) atoms. The number of non-ortho nitro benzene ring substituents is 1. The summed E-state index contributed by atoms with van der Waals surface area (Å²) in [7, 11) is 0. The third kappa shape index (κ3) is 2.08. The lowest BCUT2D eigenvalue weighted by atomic mass is 10.1. The van der Waals surface area contributed by atoms with Crippen molar-refractivity contribution in [2.75, 3.05) is 6.67 Å². The van der Waals surface area contributed by atoms with Gasteiger partial charge in [0.25, 0.3) is 5.69 Å². The number of ketones is 1. The van der Waals surface area contributed by atoms with Crippen molar-refractivity contribution in [2.24, 2.45) is 0 Å². The van der Waals surface area contributed by atoms with E-state index in [1.165, 1.54) is 24.3 Å². The van der Waals surface area contributed by atoms with Gasteiger partial charge >= 0.3 is 0 Å². The number of carbonyl (C=O) groups is 1. The molecular weight excluding hydrogens is 177 g/mol. The smallest absolute Gasteiger partial charge is 0.269 e. The first-order chi connectivity index (χ1) is 6.15. The summed E-state index contributed by atoms with van der Waals surface area (Å²) in [6, 6.07) is 4.81. The largest absolute Gasteiger partial charge is 0.291 e. The highest BCUT2D eigenvalue weighted by Crippen LogP contribution is 2.12. The van der Waals surface area contributed by atoms with E-state index in [0.717, 1.165) is 0 Å². The van der Waals surface area contributed by atoms with Crippen molar-refractivity contribution in [3.05, 3.63) is 39.9 Å². The van der Waals surface area contributed by atoms with Crippen LogP contribution in [0, 0.1) is 10.1 Å². The van der Waals surface area contributed by atoms with Crippen LogP contribution in [-0.2, 0) is 0 Å². The van der Waals surface area contributed by atoms with Crippen LogP contribution >= 0.6 is 0 Å². The number of alkyl halides is 1. The van der Waals surface area contributed by atoms with Gasteiger partial charge in [0.1, 0.15) is 0 Å². The van der Waals surface area contributed by atoms with Gasteiger partial charge in [-0.1, -0.05) is 0 Å². The first-order valence-electron chi connectivity index (χ1n) is 3.49. The Morgan fingerprint density at radius 2 is 1.92 bits per heavy atom. The second-order valence-electron chi connectivity index (χ2n) is 2.36. The molecule has 68 valence electrons. The molecule has 0 aliphatic heterocycles. The molecule has 1 aromatic rings. The molecule has 1 rings (SSSR count). The Balaban J connectivity index is 2.93. The summed E-state index contributed by atoms with van der Waals surface area (Å²) in [5, 5.41) is 10.2. The third-order valence-electron chi connectivity index (χ3n) is 1.52. The minimum atomic E-state index is -1.09. The number of benzene rings is 1. The van der Waals surface area contributed by atoms with Gasteiger partial charge in [0.2, 0.25) is 0 Å². The van der Waals surface area contributed by atoms with Gasteiger partial charge in [-0.25, -0.2) is 4.39 Å². The molecule has 0 heterocycles. The predicted molar refractivity (Wildman–Crippen MR) is 43.4 cm³/mol. The zero-order chi connectivity index (χ0) is 9.84. The monoisotopic (exact) mass is 183 g/mol. The van der Waals surface area contributed by atoms with E-state index in [1.807, 2.05) is 0 Å². The van der Waals surface area contributed by atoms with Crippen LogP contribution in [0.4, 0.5) is 10.1 Å². The molecule has 0 radical (unpaired) electrons. The highest BCUT2D eigenvalue weighted by atomic mass is 19.1. The number of hydrogen-bond acceptors (Lipinski definition) is 3. The fraction of sp³-hybridized carbons (Fsp3) is 0.125. The molecule has 0 aromatic heterocycles. The molecular formula is C8H6FNO3. The van der Waals surface area contributed by atoms with Crippen molar-refractivity contribution >= 4 is 11.5 Å². The number of hydrogen-bond donors (Lipinski definition) is 0. The van der Waals surface area contributed by atoms with Crippen molar-refractivity contribution in [1.29, 1.82) is 0 Å². The lowest BCUT2D eigenvalue weighted by Crippen LogP contribution is -2.00. The number of Topliss-reactive ketones (excluding diaryl/α,β-unsaturated/α-hetero) is 1. The Morgan fingerprint density at radius 3 is 2.31 bits per heavy atom. The molecule has 0 aliphatic rings. The first-order valence-corrected chi connectivity index (χ1v) is 3.49. The van der Waals surface area contributed by atoms with E-state index in [2.05, 4.69) is 0 Å². The summed E-state index contributed by atoms with van der Waals surface area (Å²) in [5.41, 5.74) is 0.0310. The molecule has 1 aromatic carbocycles. The van der Waals surface area contributed by atoms with Crippen LogP contribution in [-0.4, -0.2) is 17.4 Å². The second-order valence-corrected chi connectivity index (χ2v) is 2.36. The van der Waals surface area contributed by atoms with Gasteiger partial charge in [0, 0.05) is 17.7 Å². The molecule has 0 fully saturated rings. The SMILES string of the molecule is O=C(CF)c1ccc([N+](=O)[O-])cc1. The molecule has 0 spiro atoms. The zero-order valence-corrected chi connectivity index (χ0v) is 6.57. The lowest BCUT2D eigenvalue weighted by Gasteiger charge is -1.94. The minimum Gasteiger partial charge on any atom is -0.291 e. The number of nitro groups is 1. The van der Waals surface area contributed by atoms with Gasteiger partial charge in [0.05, 0.1) is 4.92 Å². The Hall–Kier alpha value is -1.78. The van der Waals surface area contributed by atoms with Crippen molar-refractivity contribution in [3.8, 4) is 0 Å². The fourth-order valence-electron chi connectivity index (χ4n) is 0.846. The lowest BCUT2D eigenvalue weighted by molar-refractivity contribution is -0.384. The summed E-state index contributed by atoms with van der Waals surface area (Å²) in [4.78, 5) is 20.4. The van der Waals surface area contributed by atoms with Gasteiger partial charge in [-0.3, -0.25) is 14.9 Å². The van der Waals surface area contributed by atoms with E-state index >= 15 is 0 Å². The summed E-state index contributed by atoms with van der Waals surface area (Å²) >= 11 is 0. The average molecular weight is 183 g/mol. The molecule has 0 amide bonds. The molecule has 0 unspecified atom stereocenters. The Morgan fingerprint density at radius 1 is 1.38 bits per heavy atom. The Bertz CT molecular complexity index is 334. The highest BCUT2D eigenvalue weighted by Gasteiger charge is 2.08. The van der Waals surface area contributed by atoms with Crippen LogP contribution in [0.5, 0.6) is 0 Å². The van der Waals surface area contributed by atoms with E-state index < -0.39 is 17.4 Å². The van der Waals surface area contributed by atoms with Gasteiger partial charge < -0.3 is 0 Å². The summed E-state index contributed by atoms with van der Waals surface area (Å²) in [6.07, 6.45) is 0. The summed E-state index contributed by atoms with van der Waals surface area (Å²) in [6.45, 7) is -1.09. The van der Waals surface area contributed by atoms with Gasteiger partial charge in [0.15, 0.2) is 12.5 Å². The van der Waals surface area contributed by atoms with Crippen molar-refractivity contribution < 1.29 is 14.1 Å². The maximum absolute atomic E-state index is 11.8. The van der Waals surface area contributed by atoms with Crippen molar-refractivity contribution in [2.45, 2.75) is 0 Å². The maximum Gasteiger partial charge on any atom is 0.269 e. The van der Waals surface area contributed by atoms with Crippen molar-refractivity contribution in [1.82, 2.24) is 0 Å². The molecule has 0 saturated carbocycles. The van der Waals surface area contributed by atoms with Gasteiger partial charge in [-0.05, 0) is 12.1 Å². The number of nitro benzene ring substituents is 1. The quantitative estimate of drug-likeness (QED) is 0.407. The molecule has 0 aliphatic carbocycles. The van der Waals surface area contributed by atoms with E-state index in [4.69, 9.17) is 0 Å². The van der Waals surface area contributed by atoms with E-state index in [-0.39, 0.29) is 11.3 Å². The average Bonchev–Trinajstić information content (AvgIpc) is 2.17. The number of carbonyl (C=O) groups excluding carboxylic acids is 1. The number of halogens is 1. The standard InChI is InChI=1S/C8H6FNO3/c9-5-8(11)6-1-3-7(4-2-6)10(12)13/h1-4H,5H2. The van der Waals surface area contributed by atoms with E-state index in [1.54, 1.807) is 0 Å². The number of nitrogens with zero attached hydrogens (tertiary/aromatic N) is 1. The van der Waals surface area contributed by atoms with Crippen LogP contribution < -0.4 is 0 Å². The van der Waals surface area contributed by atoms with Crippen molar-refractivity contribution in [3.63, 3.8) is 0 Å². The molecule has 0 atom stereocenters. The molecule has 0 bridgehead atoms. The topological polar surface area (TPSA) is 60.2 Å². The Labute approximate surface area is 73.1 Å². The van der Waals surface area contributed by atoms with Gasteiger partial charge in [-0.2, -0.15) is 0 Å². The number of rotatable bonds is 3. The fourth-order valence-corrected chi connectivity index (χ4v) is 0.846. The molecule has 0 saturated heterocycles. The third-order valence-corrected chi connectivity index (χ3v) is 1.52. The Kier molecular flexibility index (Phi) is 2.69. The van der Waals surface area contributed by atoms with Crippen LogP contribution in [0.3, 0.4) is 0 Å². The van der Waals surface area contributed by atoms with Crippen LogP contribution in [0.2, 0.25) is 0 Å².